The highest BCUT2D eigenvalue weighted by atomic mass is 35.5. The predicted octanol–water partition coefficient (Wildman–Crippen LogP) is 2.00. The van der Waals surface area contributed by atoms with E-state index in [1.54, 1.807) is 0 Å². The fourth-order valence-electron chi connectivity index (χ4n) is 2.90. The smallest absolute Gasteiger partial charge is 0.234 e. The minimum Gasteiger partial charge on any atom is -0.379 e. The van der Waals surface area contributed by atoms with E-state index in [-0.39, 0.29) is 11.4 Å². The summed E-state index contributed by atoms with van der Waals surface area (Å²) in [6.07, 6.45) is 0. The van der Waals surface area contributed by atoms with Gasteiger partial charge in [-0.05, 0) is 38.6 Å². The van der Waals surface area contributed by atoms with Crippen LogP contribution in [0, 0.1) is 0 Å². The van der Waals surface area contributed by atoms with Gasteiger partial charge in [0.15, 0.2) is 0 Å². The minimum atomic E-state index is -0.0645. The largest absolute Gasteiger partial charge is 0.379 e. The summed E-state index contributed by atoms with van der Waals surface area (Å²) in [5, 5.41) is 3.78. The SMILES string of the molecule is CN(CC(=O)NCC(C)(C)N1CCOCC1)Cc1cccc(Cl)c1. The Bertz CT molecular complexity index is 545. The molecule has 1 aromatic rings. The Labute approximate surface area is 149 Å². The monoisotopic (exact) mass is 353 g/mol. The normalized spacial score (nSPS) is 16.4. The van der Waals surface area contributed by atoms with Crippen LogP contribution in [0.4, 0.5) is 0 Å². The van der Waals surface area contributed by atoms with E-state index in [4.69, 9.17) is 16.3 Å². The molecular weight excluding hydrogens is 326 g/mol. The van der Waals surface area contributed by atoms with E-state index in [1.807, 2.05) is 36.2 Å². The summed E-state index contributed by atoms with van der Waals surface area (Å²) in [5.41, 5.74) is 1.04. The zero-order valence-corrected chi connectivity index (χ0v) is 15.6. The summed E-state index contributed by atoms with van der Waals surface area (Å²) in [7, 11) is 1.94. The van der Waals surface area contributed by atoms with Crippen LogP contribution in [0.25, 0.3) is 0 Å². The van der Waals surface area contributed by atoms with E-state index in [0.717, 1.165) is 36.9 Å². The van der Waals surface area contributed by atoms with Gasteiger partial charge in [0.1, 0.15) is 0 Å². The van der Waals surface area contributed by atoms with Crippen molar-refractivity contribution in [2.24, 2.45) is 0 Å². The van der Waals surface area contributed by atoms with E-state index in [0.29, 0.717) is 19.6 Å². The molecule has 5 nitrogen and oxygen atoms in total. The molecule has 134 valence electrons. The summed E-state index contributed by atoms with van der Waals surface area (Å²) >= 11 is 6.00. The first-order valence-electron chi connectivity index (χ1n) is 8.39. The Morgan fingerprint density at radius 1 is 1.38 bits per heavy atom. The van der Waals surface area contributed by atoms with E-state index >= 15 is 0 Å². The number of carbonyl (C=O) groups excluding carboxylic acids is 1. The summed E-state index contributed by atoms with van der Waals surface area (Å²) in [6, 6.07) is 7.72. The number of halogens is 1. The molecule has 0 atom stereocenters. The first kappa shape index (κ1) is 19.2. The number of nitrogens with one attached hydrogen (secondary N) is 1. The molecule has 6 heteroatoms. The number of hydrogen-bond donors (Lipinski definition) is 1. The van der Waals surface area contributed by atoms with Gasteiger partial charge < -0.3 is 10.1 Å². The van der Waals surface area contributed by atoms with Gasteiger partial charge in [0.2, 0.25) is 5.91 Å². The highest BCUT2D eigenvalue weighted by molar-refractivity contribution is 6.30. The highest BCUT2D eigenvalue weighted by Crippen LogP contribution is 2.15. The Morgan fingerprint density at radius 2 is 2.08 bits per heavy atom. The maximum Gasteiger partial charge on any atom is 0.234 e. The zero-order chi connectivity index (χ0) is 17.6. The topological polar surface area (TPSA) is 44.8 Å². The van der Waals surface area contributed by atoms with Crippen LogP contribution in [0.2, 0.25) is 5.02 Å². The van der Waals surface area contributed by atoms with Gasteiger partial charge in [-0.3, -0.25) is 14.6 Å². The molecule has 1 fully saturated rings. The van der Waals surface area contributed by atoms with Crippen LogP contribution in [0.5, 0.6) is 0 Å². The van der Waals surface area contributed by atoms with Gasteiger partial charge >= 0.3 is 0 Å². The molecular formula is C18H28ClN3O2. The highest BCUT2D eigenvalue weighted by Gasteiger charge is 2.28. The van der Waals surface area contributed by atoms with Crippen molar-refractivity contribution in [3.8, 4) is 0 Å². The maximum absolute atomic E-state index is 12.2. The van der Waals surface area contributed by atoms with Gasteiger partial charge in [-0.1, -0.05) is 23.7 Å². The number of morpholine rings is 1. The summed E-state index contributed by atoms with van der Waals surface area (Å²) < 4.78 is 5.39. The number of ether oxygens (including phenoxy) is 1. The molecule has 0 aromatic heterocycles. The number of hydrogen-bond acceptors (Lipinski definition) is 4. The van der Waals surface area contributed by atoms with Crippen molar-refractivity contribution >= 4 is 17.5 Å². The summed E-state index contributed by atoms with van der Waals surface area (Å²) in [6.45, 7) is 9.38. The van der Waals surface area contributed by atoms with E-state index < -0.39 is 0 Å². The van der Waals surface area contributed by atoms with Gasteiger partial charge in [-0.15, -0.1) is 0 Å². The third-order valence-electron chi connectivity index (χ3n) is 4.34. The number of nitrogens with zero attached hydrogens (tertiary/aromatic N) is 2. The third-order valence-corrected chi connectivity index (χ3v) is 4.58. The lowest BCUT2D eigenvalue weighted by atomic mass is 10.0. The Morgan fingerprint density at radius 3 is 2.75 bits per heavy atom. The van der Waals surface area contributed by atoms with Crippen molar-refractivity contribution in [1.82, 2.24) is 15.1 Å². The molecule has 1 N–H and O–H groups in total. The van der Waals surface area contributed by atoms with Crippen LogP contribution in [0.3, 0.4) is 0 Å². The van der Waals surface area contributed by atoms with Gasteiger partial charge in [0.25, 0.3) is 0 Å². The average Bonchev–Trinajstić information content (AvgIpc) is 2.54. The number of benzene rings is 1. The molecule has 0 aliphatic carbocycles. The van der Waals surface area contributed by atoms with E-state index in [9.17, 15) is 4.79 Å². The van der Waals surface area contributed by atoms with Crippen LogP contribution in [-0.2, 0) is 16.1 Å². The molecule has 2 rings (SSSR count). The molecule has 1 aromatic carbocycles. The Balaban J connectivity index is 1.75. The van der Waals surface area contributed by atoms with Crippen LogP contribution >= 0.6 is 11.6 Å². The van der Waals surface area contributed by atoms with E-state index in [1.165, 1.54) is 0 Å². The van der Waals surface area contributed by atoms with Crippen LogP contribution in [0.15, 0.2) is 24.3 Å². The molecule has 0 spiro atoms. The van der Waals surface area contributed by atoms with Crippen molar-refractivity contribution in [3.05, 3.63) is 34.9 Å². The molecule has 1 aliphatic rings. The lowest BCUT2D eigenvalue weighted by Crippen LogP contribution is -2.56. The number of likely N-dealkylation sites (N-methyl/N-ethyl adjacent to an activating group) is 1. The van der Waals surface area contributed by atoms with Gasteiger partial charge in [-0.25, -0.2) is 0 Å². The third kappa shape index (κ3) is 6.06. The molecule has 0 saturated carbocycles. The van der Waals surface area contributed by atoms with Gasteiger partial charge in [0.05, 0.1) is 19.8 Å². The predicted molar refractivity (Wildman–Crippen MR) is 97.3 cm³/mol. The zero-order valence-electron chi connectivity index (χ0n) is 14.8. The summed E-state index contributed by atoms with van der Waals surface area (Å²) in [4.78, 5) is 16.6. The molecule has 1 amide bonds. The number of carbonyl (C=O) groups is 1. The molecule has 24 heavy (non-hydrogen) atoms. The molecule has 1 heterocycles. The van der Waals surface area contributed by atoms with Crippen molar-refractivity contribution in [1.29, 1.82) is 0 Å². The first-order valence-corrected chi connectivity index (χ1v) is 8.77. The van der Waals surface area contributed by atoms with Crippen molar-refractivity contribution in [2.75, 3.05) is 46.4 Å². The summed E-state index contributed by atoms with van der Waals surface area (Å²) in [5.74, 6) is 0.0425. The van der Waals surface area contributed by atoms with Gasteiger partial charge in [-0.2, -0.15) is 0 Å². The van der Waals surface area contributed by atoms with Crippen molar-refractivity contribution < 1.29 is 9.53 Å². The lowest BCUT2D eigenvalue weighted by Gasteiger charge is -2.40. The van der Waals surface area contributed by atoms with E-state index in [2.05, 4.69) is 24.1 Å². The second kappa shape index (κ2) is 8.81. The quantitative estimate of drug-likeness (QED) is 0.814. The second-order valence-corrected chi connectivity index (χ2v) is 7.43. The molecule has 0 radical (unpaired) electrons. The lowest BCUT2D eigenvalue weighted by molar-refractivity contribution is -0.122. The first-order chi connectivity index (χ1) is 11.4. The van der Waals surface area contributed by atoms with Crippen LogP contribution in [0.1, 0.15) is 19.4 Å². The number of rotatable bonds is 7. The fourth-order valence-corrected chi connectivity index (χ4v) is 3.11. The van der Waals surface area contributed by atoms with Gasteiger partial charge in [0, 0.05) is 36.7 Å². The second-order valence-electron chi connectivity index (χ2n) is 6.99. The van der Waals surface area contributed by atoms with Crippen LogP contribution in [-0.4, -0.2) is 67.7 Å². The van der Waals surface area contributed by atoms with Crippen molar-refractivity contribution in [3.63, 3.8) is 0 Å². The maximum atomic E-state index is 12.2. The van der Waals surface area contributed by atoms with Crippen LogP contribution < -0.4 is 5.32 Å². The van der Waals surface area contributed by atoms with Crippen molar-refractivity contribution in [2.45, 2.75) is 25.9 Å². The fraction of sp³-hybridized carbons (Fsp3) is 0.611. The standard InChI is InChI=1S/C18H28ClN3O2/c1-18(2,22-7-9-24-10-8-22)14-20-17(23)13-21(3)12-15-5-4-6-16(19)11-15/h4-6,11H,7-10,12-14H2,1-3H3,(H,20,23). The Hall–Kier alpha value is -1.14. The average molecular weight is 354 g/mol. The molecule has 1 saturated heterocycles. The Kier molecular flexibility index (Phi) is 7.04. The molecule has 0 bridgehead atoms. The number of amides is 1. The minimum absolute atomic E-state index is 0.0425. The molecule has 0 unspecified atom stereocenters. The molecule has 1 aliphatic heterocycles.